The van der Waals surface area contributed by atoms with Crippen molar-refractivity contribution in [3.05, 3.63) is 40.8 Å². The average molecular weight is 467 g/mol. The van der Waals surface area contributed by atoms with Crippen LogP contribution in [-0.4, -0.2) is 81.0 Å². The number of thiophene rings is 1. The van der Waals surface area contributed by atoms with E-state index in [-0.39, 0.29) is 6.04 Å². The fourth-order valence-electron chi connectivity index (χ4n) is 3.71. The van der Waals surface area contributed by atoms with Gasteiger partial charge in [0, 0.05) is 45.1 Å². The molecule has 0 spiro atoms. The molecule has 172 valence electrons. The molecule has 0 aromatic carbocycles. The summed E-state index contributed by atoms with van der Waals surface area (Å²) < 4.78 is 5.38. The highest BCUT2D eigenvalue weighted by Gasteiger charge is 2.16. The van der Waals surface area contributed by atoms with E-state index in [0.717, 1.165) is 50.3 Å². The van der Waals surface area contributed by atoms with Crippen LogP contribution in [0.1, 0.15) is 11.6 Å². The number of fused-ring (bicyclic) bond motifs is 1. The van der Waals surface area contributed by atoms with Crippen molar-refractivity contribution in [1.29, 1.82) is 0 Å². The Morgan fingerprint density at radius 3 is 2.91 bits per heavy atom. The Morgan fingerprint density at radius 1 is 1.18 bits per heavy atom. The molecule has 1 aliphatic heterocycles. The summed E-state index contributed by atoms with van der Waals surface area (Å²) in [6.07, 6.45) is 3.47. The first-order valence-corrected chi connectivity index (χ1v) is 11.8. The zero-order valence-corrected chi connectivity index (χ0v) is 18.9. The number of anilines is 2. The molecule has 4 aromatic heterocycles. The second-order valence-corrected chi connectivity index (χ2v) is 8.44. The molecule has 12 heteroatoms. The average Bonchev–Trinajstić information content (AvgIpc) is 3.54. The minimum Gasteiger partial charge on any atom is -0.379 e. The standard InChI is InChI=1S/C21H26N10OS/c22-11-17(14-2-10-33-13-14)27-21-23-3-1-16(26-21)18-15-12-25-20(28-19(15)30-29-18)24-4-5-31-6-8-32-9-7-31/h1-3,10,12-13,17H,4-9,11,22H2,(H,23,26,27)(H2,24,25,28,29,30). The third kappa shape index (κ3) is 5.09. The number of H-pyrrole nitrogens is 1. The molecule has 0 bridgehead atoms. The zero-order valence-electron chi connectivity index (χ0n) is 18.1. The predicted octanol–water partition coefficient (Wildman–Crippen LogP) is 1.73. The van der Waals surface area contributed by atoms with Gasteiger partial charge in [0.05, 0.1) is 30.3 Å². The quantitative estimate of drug-likeness (QED) is 0.288. The summed E-state index contributed by atoms with van der Waals surface area (Å²) in [6, 6.07) is 3.80. The van der Waals surface area contributed by atoms with Crippen molar-refractivity contribution in [3.63, 3.8) is 0 Å². The van der Waals surface area contributed by atoms with Crippen LogP contribution in [0.5, 0.6) is 0 Å². The zero-order chi connectivity index (χ0) is 22.5. The van der Waals surface area contributed by atoms with Gasteiger partial charge in [0.1, 0.15) is 5.69 Å². The number of aromatic nitrogens is 6. The summed E-state index contributed by atoms with van der Waals surface area (Å²) in [5.74, 6) is 1.06. The van der Waals surface area contributed by atoms with Crippen LogP contribution in [0.25, 0.3) is 22.4 Å². The van der Waals surface area contributed by atoms with E-state index >= 15 is 0 Å². The highest BCUT2D eigenvalue weighted by atomic mass is 32.1. The largest absolute Gasteiger partial charge is 0.379 e. The van der Waals surface area contributed by atoms with Crippen LogP contribution < -0.4 is 16.4 Å². The Morgan fingerprint density at radius 2 is 2.09 bits per heavy atom. The Bertz CT molecular complexity index is 1170. The molecule has 0 radical (unpaired) electrons. The number of nitrogens with zero attached hydrogens (tertiary/aromatic N) is 6. The van der Waals surface area contributed by atoms with Crippen molar-refractivity contribution in [3.8, 4) is 11.4 Å². The number of nitrogens with two attached hydrogens (primary N) is 1. The molecule has 1 unspecified atom stereocenters. The Kier molecular flexibility index (Phi) is 6.67. The Balaban J connectivity index is 1.28. The van der Waals surface area contributed by atoms with Crippen LogP contribution in [0, 0.1) is 0 Å². The van der Waals surface area contributed by atoms with E-state index in [1.54, 1.807) is 23.7 Å². The smallest absolute Gasteiger partial charge is 0.224 e. The van der Waals surface area contributed by atoms with Gasteiger partial charge in [-0.2, -0.15) is 21.4 Å². The number of hydrogen-bond donors (Lipinski definition) is 4. The van der Waals surface area contributed by atoms with Crippen molar-refractivity contribution < 1.29 is 4.74 Å². The number of morpholine rings is 1. The SMILES string of the molecule is NCC(Nc1nccc(-c2n[nH]c3nc(NCCN4CCOCC4)ncc23)n1)c1ccsc1. The lowest BCUT2D eigenvalue weighted by Gasteiger charge is -2.26. The molecule has 5 rings (SSSR count). The van der Waals surface area contributed by atoms with Crippen molar-refractivity contribution >= 4 is 34.3 Å². The molecule has 11 nitrogen and oxygen atoms in total. The second kappa shape index (κ2) is 10.2. The molecule has 5 N–H and O–H groups in total. The van der Waals surface area contributed by atoms with Gasteiger partial charge < -0.3 is 21.1 Å². The van der Waals surface area contributed by atoms with Crippen LogP contribution in [0.4, 0.5) is 11.9 Å². The van der Waals surface area contributed by atoms with Crippen LogP contribution in [-0.2, 0) is 4.74 Å². The molecule has 0 amide bonds. The lowest BCUT2D eigenvalue weighted by Crippen LogP contribution is -2.39. The van der Waals surface area contributed by atoms with Crippen molar-refractivity contribution in [2.45, 2.75) is 6.04 Å². The van der Waals surface area contributed by atoms with Gasteiger partial charge >= 0.3 is 0 Å². The van der Waals surface area contributed by atoms with E-state index < -0.39 is 0 Å². The molecular formula is C21H26N10OS. The first-order valence-electron chi connectivity index (χ1n) is 10.9. The Hall–Kier alpha value is -3.19. The van der Waals surface area contributed by atoms with Crippen LogP contribution in [0.2, 0.25) is 0 Å². The van der Waals surface area contributed by atoms with Gasteiger partial charge in [-0.15, -0.1) is 0 Å². The molecule has 1 saturated heterocycles. The molecule has 33 heavy (non-hydrogen) atoms. The summed E-state index contributed by atoms with van der Waals surface area (Å²) in [6.45, 7) is 5.62. The maximum atomic E-state index is 5.95. The van der Waals surface area contributed by atoms with E-state index in [0.29, 0.717) is 35.5 Å². The molecular weight excluding hydrogens is 440 g/mol. The summed E-state index contributed by atoms with van der Waals surface area (Å²) in [5.41, 5.74) is 9.07. The van der Waals surface area contributed by atoms with Gasteiger partial charge in [-0.05, 0) is 28.5 Å². The molecule has 0 saturated carbocycles. The number of rotatable bonds is 9. The third-order valence-electron chi connectivity index (χ3n) is 5.52. The van der Waals surface area contributed by atoms with Crippen LogP contribution in [0.3, 0.4) is 0 Å². The van der Waals surface area contributed by atoms with Gasteiger partial charge in [0.15, 0.2) is 5.65 Å². The van der Waals surface area contributed by atoms with Crippen LogP contribution >= 0.6 is 11.3 Å². The summed E-state index contributed by atoms with van der Waals surface area (Å²) in [5, 5.41) is 18.9. The number of aromatic amines is 1. The number of ether oxygens (including phenoxy) is 1. The summed E-state index contributed by atoms with van der Waals surface area (Å²) in [4.78, 5) is 20.4. The second-order valence-electron chi connectivity index (χ2n) is 7.66. The van der Waals surface area contributed by atoms with Crippen molar-refractivity contribution in [2.24, 2.45) is 5.73 Å². The minimum atomic E-state index is -0.0585. The first-order chi connectivity index (χ1) is 16.3. The highest BCUT2D eigenvalue weighted by Crippen LogP contribution is 2.25. The lowest BCUT2D eigenvalue weighted by atomic mass is 10.1. The first kappa shape index (κ1) is 21.6. The van der Waals surface area contributed by atoms with E-state index in [2.05, 4.69) is 51.0 Å². The highest BCUT2D eigenvalue weighted by molar-refractivity contribution is 7.08. The van der Waals surface area contributed by atoms with Gasteiger partial charge in [-0.1, -0.05) is 0 Å². The molecule has 1 fully saturated rings. The summed E-state index contributed by atoms with van der Waals surface area (Å²) >= 11 is 1.63. The molecule has 0 aliphatic carbocycles. The monoisotopic (exact) mass is 466 g/mol. The van der Waals surface area contributed by atoms with E-state index in [1.165, 1.54) is 0 Å². The minimum absolute atomic E-state index is 0.0585. The fourth-order valence-corrected chi connectivity index (χ4v) is 4.42. The number of nitrogens with one attached hydrogen (secondary N) is 3. The van der Waals surface area contributed by atoms with Gasteiger partial charge in [-0.25, -0.2) is 15.0 Å². The Labute approximate surface area is 194 Å². The van der Waals surface area contributed by atoms with E-state index in [9.17, 15) is 0 Å². The molecule has 1 aliphatic rings. The predicted molar refractivity (Wildman–Crippen MR) is 128 cm³/mol. The maximum Gasteiger partial charge on any atom is 0.224 e. The topological polar surface area (TPSA) is 143 Å². The van der Waals surface area contributed by atoms with Crippen LogP contribution in [0.15, 0.2) is 35.3 Å². The maximum absolute atomic E-state index is 5.95. The lowest BCUT2D eigenvalue weighted by molar-refractivity contribution is 0.0398. The van der Waals surface area contributed by atoms with Crippen molar-refractivity contribution in [2.75, 3.05) is 56.6 Å². The summed E-state index contributed by atoms with van der Waals surface area (Å²) in [7, 11) is 0. The number of hydrogen-bond acceptors (Lipinski definition) is 11. The fraction of sp³-hybridized carbons (Fsp3) is 0.381. The van der Waals surface area contributed by atoms with Crippen molar-refractivity contribution in [1.82, 2.24) is 35.0 Å². The van der Waals surface area contributed by atoms with E-state index in [1.807, 2.05) is 17.5 Å². The van der Waals surface area contributed by atoms with Gasteiger partial charge in [0.2, 0.25) is 11.9 Å². The molecule has 5 heterocycles. The normalized spacial score (nSPS) is 15.5. The molecule has 4 aromatic rings. The van der Waals surface area contributed by atoms with Gasteiger partial charge in [0.25, 0.3) is 0 Å². The molecule has 1 atom stereocenters. The van der Waals surface area contributed by atoms with E-state index in [4.69, 9.17) is 10.5 Å². The van der Waals surface area contributed by atoms with Gasteiger partial charge in [-0.3, -0.25) is 10.00 Å². The third-order valence-corrected chi connectivity index (χ3v) is 6.22.